The van der Waals surface area contributed by atoms with Gasteiger partial charge in [0.1, 0.15) is 5.60 Å². The monoisotopic (exact) mass is 265 g/mol. The highest BCUT2D eigenvalue weighted by Gasteiger charge is 2.24. The molecule has 1 aromatic carbocycles. The topological polar surface area (TPSA) is 69.6 Å². The van der Waals surface area contributed by atoms with Crippen molar-refractivity contribution in [3.63, 3.8) is 0 Å². The summed E-state index contributed by atoms with van der Waals surface area (Å²) in [5.74, 6) is -0.237. The number of hydrogen-bond donors (Lipinski definition) is 3. The molecule has 0 radical (unpaired) electrons. The number of benzene rings is 1. The van der Waals surface area contributed by atoms with E-state index in [1.165, 1.54) is 6.92 Å². The van der Waals surface area contributed by atoms with Crippen LogP contribution in [0.15, 0.2) is 24.3 Å². The zero-order valence-corrected chi connectivity index (χ0v) is 12.0. The van der Waals surface area contributed by atoms with Crippen molar-refractivity contribution in [3.8, 4) is 0 Å². The van der Waals surface area contributed by atoms with Crippen LogP contribution in [0.25, 0.3) is 0 Å². The summed E-state index contributed by atoms with van der Waals surface area (Å²) in [6.45, 7) is 7.23. The predicted molar refractivity (Wildman–Crippen MR) is 75.2 cm³/mol. The van der Waals surface area contributed by atoms with Crippen LogP contribution in [0, 0.1) is 0 Å². The summed E-state index contributed by atoms with van der Waals surface area (Å²) >= 11 is 0. The number of aliphatic hydroxyl groups excluding tert-OH is 1. The number of carbonyl (C=O) groups excluding carboxylic acids is 1. The van der Waals surface area contributed by atoms with Gasteiger partial charge >= 0.3 is 0 Å². The normalized spacial score (nSPS) is 14.8. The van der Waals surface area contributed by atoms with Gasteiger partial charge < -0.3 is 15.5 Å². The van der Waals surface area contributed by atoms with Crippen molar-refractivity contribution in [2.75, 3.05) is 13.2 Å². The van der Waals surface area contributed by atoms with E-state index in [4.69, 9.17) is 5.11 Å². The van der Waals surface area contributed by atoms with Crippen molar-refractivity contribution < 1.29 is 15.0 Å². The zero-order chi connectivity index (χ0) is 14.7. The Morgan fingerprint density at radius 3 is 2.32 bits per heavy atom. The fourth-order valence-corrected chi connectivity index (χ4v) is 1.76. The summed E-state index contributed by atoms with van der Waals surface area (Å²) in [5, 5.41) is 21.3. The van der Waals surface area contributed by atoms with E-state index in [0.717, 1.165) is 5.56 Å². The first-order chi connectivity index (χ1) is 8.67. The summed E-state index contributed by atoms with van der Waals surface area (Å²) < 4.78 is 0. The van der Waals surface area contributed by atoms with E-state index in [1.54, 1.807) is 6.07 Å². The van der Waals surface area contributed by atoms with Gasteiger partial charge in [0.15, 0.2) is 0 Å². The van der Waals surface area contributed by atoms with Crippen molar-refractivity contribution in [2.45, 2.75) is 38.7 Å². The SMILES string of the molecule is CC(O)(CO)CNC(=O)c1ccccc1C(C)(C)C. The molecule has 0 aliphatic heterocycles. The quantitative estimate of drug-likeness (QED) is 0.772. The van der Waals surface area contributed by atoms with Gasteiger partial charge in [-0.3, -0.25) is 4.79 Å². The van der Waals surface area contributed by atoms with Crippen molar-refractivity contribution in [3.05, 3.63) is 35.4 Å². The molecule has 4 nitrogen and oxygen atoms in total. The maximum atomic E-state index is 12.2. The molecule has 1 unspecified atom stereocenters. The van der Waals surface area contributed by atoms with Crippen molar-refractivity contribution in [1.29, 1.82) is 0 Å². The highest BCUT2D eigenvalue weighted by Crippen LogP contribution is 2.25. The lowest BCUT2D eigenvalue weighted by Gasteiger charge is -2.24. The second-order valence-electron chi connectivity index (χ2n) is 6.13. The predicted octanol–water partition coefficient (Wildman–Crippen LogP) is 1.46. The van der Waals surface area contributed by atoms with Gasteiger partial charge in [-0.15, -0.1) is 0 Å². The minimum atomic E-state index is -1.30. The molecule has 0 saturated carbocycles. The molecule has 1 atom stereocenters. The smallest absolute Gasteiger partial charge is 0.251 e. The molecule has 0 aromatic heterocycles. The molecule has 1 amide bonds. The number of rotatable bonds is 4. The molecule has 3 N–H and O–H groups in total. The van der Waals surface area contributed by atoms with E-state index in [-0.39, 0.29) is 17.9 Å². The molecule has 1 aromatic rings. The van der Waals surface area contributed by atoms with Gasteiger partial charge in [-0.2, -0.15) is 0 Å². The summed E-state index contributed by atoms with van der Waals surface area (Å²) in [4.78, 5) is 12.2. The second kappa shape index (κ2) is 5.72. The lowest BCUT2D eigenvalue weighted by molar-refractivity contribution is 0.00319. The standard InChI is InChI=1S/C15H23NO3/c1-14(2,3)12-8-6-5-7-11(12)13(18)16-9-15(4,19)10-17/h5-8,17,19H,9-10H2,1-4H3,(H,16,18). The van der Waals surface area contributed by atoms with E-state index >= 15 is 0 Å². The van der Waals surface area contributed by atoms with Crippen LogP contribution >= 0.6 is 0 Å². The largest absolute Gasteiger partial charge is 0.393 e. The van der Waals surface area contributed by atoms with Crippen LogP contribution in [0.1, 0.15) is 43.6 Å². The van der Waals surface area contributed by atoms with E-state index in [1.807, 2.05) is 39.0 Å². The van der Waals surface area contributed by atoms with Gasteiger partial charge in [0.05, 0.1) is 6.61 Å². The summed E-state index contributed by atoms with van der Waals surface area (Å²) in [6.07, 6.45) is 0. The maximum Gasteiger partial charge on any atom is 0.251 e. The molecular weight excluding hydrogens is 242 g/mol. The number of nitrogens with one attached hydrogen (secondary N) is 1. The van der Waals surface area contributed by atoms with Gasteiger partial charge in [-0.05, 0) is 24.0 Å². The van der Waals surface area contributed by atoms with Gasteiger partial charge in [0.2, 0.25) is 0 Å². The van der Waals surface area contributed by atoms with Gasteiger partial charge in [-0.1, -0.05) is 39.0 Å². The van der Waals surface area contributed by atoms with Crippen LogP contribution in [0.3, 0.4) is 0 Å². The Hall–Kier alpha value is -1.39. The molecule has 0 aliphatic rings. The highest BCUT2D eigenvalue weighted by atomic mass is 16.3. The van der Waals surface area contributed by atoms with Crippen molar-refractivity contribution in [2.24, 2.45) is 0 Å². The van der Waals surface area contributed by atoms with E-state index < -0.39 is 12.2 Å². The number of aliphatic hydroxyl groups is 2. The second-order valence-corrected chi connectivity index (χ2v) is 6.13. The Balaban J connectivity index is 2.90. The third-order valence-corrected chi connectivity index (χ3v) is 2.95. The van der Waals surface area contributed by atoms with Crippen LogP contribution in [0.5, 0.6) is 0 Å². The summed E-state index contributed by atoms with van der Waals surface area (Å²) in [5.41, 5.74) is 0.125. The Morgan fingerprint density at radius 2 is 1.79 bits per heavy atom. The van der Waals surface area contributed by atoms with E-state index in [2.05, 4.69) is 5.32 Å². The number of amides is 1. The fraction of sp³-hybridized carbons (Fsp3) is 0.533. The fourth-order valence-electron chi connectivity index (χ4n) is 1.76. The number of carbonyl (C=O) groups is 1. The molecule has 0 fully saturated rings. The number of hydrogen-bond acceptors (Lipinski definition) is 3. The lowest BCUT2D eigenvalue weighted by Crippen LogP contribution is -2.43. The molecule has 4 heteroatoms. The molecule has 1 rings (SSSR count). The highest BCUT2D eigenvalue weighted by molar-refractivity contribution is 5.96. The van der Waals surface area contributed by atoms with Crippen LogP contribution < -0.4 is 5.32 Å². The average molecular weight is 265 g/mol. The Labute approximate surface area is 114 Å². The Morgan fingerprint density at radius 1 is 1.21 bits per heavy atom. The first-order valence-electron chi connectivity index (χ1n) is 6.38. The van der Waals surface area contributed by atoms with Gasteiger partial charge in [0.25, 0.3) is 5.91 Å². The van der Waals surface area contributed by atoms with Gasteiger partial charge in [0, 0.05) is 12.1 Å². The molecule has 0 heterocycles. The van der Waals surface area contributed by atoms with Gasteiger partial charge in [-0.25, -0.2) is 0 Å². The summed E-state index contributed by atoms with van der Waals surface area (Å²) in [6, 6.07) is 7.41. The third-order valence-electron chi connectivity index (χ3n) is 2.95. The molecule has 0 saturated heterocycles. The lowest BCUT2D eigenvalue weighted by atomic mass is 9.83. The van der Waals surface area contributed by atoms with Crippen LogP contribution in [-0.4, -0.2) is 34.9 Å². The third kappa shape index (κ3) is 4.33. The average Bonchev–Trinajstić information content (AvgIpc) is 2.35. The van der Waals surface area contributed by atoms with Crippen LogP contribution in [-0.2, 0) is 5.41 Å². The molecular formula is C15H23NO3. The van der Waals surface area contributed by atoms with Crippen molar-refractivity contribution >= 4 is 5.91 Å². The molecule has 0 spiro atoms. The molecule has 106 valence electrons. The first-order valence-corrected chi connectivity index (χ1v) is 6.38. The molecule has 0 bridgehead atoms. The van der Waals surface area contributed by atoms with Crippen LogP contribution in [0.2, 0.25) is 0 Å². The Bertz CT molecular complexity index is 447. The maximum absolute atomic E-state index is 12.2. The minimum absolute atomic E-state index is 0.0147. The Kier molecular flexibility index (Phi) is 4.71. The van der Waals surface area contributed by atoms with Crippen molar-refractivity contribution in [1.82, 2.24) is 5.32 Å². The molecule has 19 heavy (non-hydrogen) atoms. The zero-order valence-electron chi connectivity index (χ0n) is 12.0. The van der Waals surface area contributed by atoms with E-state index in [9.17, 15) is 9.90 Å². The summed E-state index contributed by atoms with van der Waals surface area (Å²) in [7, 11) is 0. The molecule has 0 aliphatic carbocycles. The minimum Gasteiger partial charge on any atom is -0.393 e. The first kappa shape index (κ1) is 15.7. The van der Waals surface area contributed by atoms with Crippen LogP contribution in [0.4, 0.5) is 0 Å². The van der Waals surface area contributed by atoms with E-state index in [0.29, 0.717) is 5.56 Å².